The minimum absolute atomic E-state index is 0.0631. The Morgan fingerprint density at radius 3 is 1.53 bits per heavy atom. The van der Waals surface area contributed by atoms with Crippen LogP contribution in [0.3, 0.4) is 0 Å². The lowest BCUT2D eigenvalue weighted by Crippen LogP contribution is -2.45. The fourth-order valence-corrected chi connectivity index (χ4v) is 3.51. The highest BCUT2D eigenvalue weighted by Crippen LogP contribution is 2.14. The molecule has 8 nitrogen and oxygen atoms in total. The first-order chi connectivity index (χ1) is 14.2. The number of hydrogen-bond donors (Lipinski definition) is 0. The molecule has 4 atom stereocenters. The molecule has 2 saturated heterocycles. The third-order valence-electron chi connectivity index (χ3n) is 5.50. The number of hydrogen-bond acceptors (Lipinski definition) is 8. The molecule has 174 valence electrons. The van der Waals surface area contributed by atoms with Crippen LogP contribution in [0.15, 0.2) is 0 Å². The van der Waals surface area contributed by atoms with Crippen LogP contribution in [-0.4, -0.2) is 98.6 Å². The van der Waals surface area contributed by atoms with Crippen LogP contribution in [0.1, 0.15) is 41.5 Å². The standard InChI is InChI=1S/C22H40N2O6/c1-15(2)24(16(3)4)8-7-23(9-17(5)21(25)29-13-19-11-27-19)10-18(6)22(26)30-14-20-12-28-20/h15-20H,7-14H2,1-6H3. The monoisotopic (exact) mass is 428 g/mol. The van der Waals surface area contributed by atoms with Crippen molar-refractivity contribution in [3.8, 4) is 0 Å². The van der Waals surface area contributed by atoms with Gasteiger partial charge in [0.2, 0.25) is 0 Å². The van der Waals surface area contributed by atoms with Crippen molar-refractivity contribution in [1.29, 1.82) is 0 Å². The first-order valence-electron chi connectivity index (χ1n) is 11.2. The van der Waals surface area contributed by atoms with E-state index in [4.69, 9.17) is 18.9 Å². The van der Waals surface area contributed by atoms with Gasteiger partial charge in [-0.15, -0.1) is 0 Å². The molecule has 0 aromatic rings. The third-order valence-corrected chi connectivity index (χ3v) is 5.50. The van der Waals surface area contributed by atoms with Crippen LogP contribution < -0.4 is 0 Å². The number of ether oxygens (including phenoxy) is 4. The van der Waals surface area contributed by atoms with E-state index >= 15 is 0 Å². The molecule has 2 rings (SSSR count). The second-order valence-electron chi connectivity index (χ2n) is 9.16. The van der Waals surface area contributed by atoms with Gasteiger partial charge in [-0.1, -0.05) is 13.8 Å². The fraction of sp³-hybridized carbons (Fsp3) is 0.909. The van der Waals surface area contributed by atoms with E-state index in [0.717, 1.165) is 13.1 Å². The second kappa shape index (κ2) is 12.0. The molecule has 0 aliphatic carbocycles. The van der Waals surface area contributed by atoms with E-state index in [9.17, 15) is 9.59 Å². The highest BCUT2D eigenvalue weighted by atomic mass is 16.6. The van der Waals surface area contributed by atoms with Crippen molar-refractivity contribution in [3.63, 3.8) is 0 Å². The smallest absolute Gasteiger partial charge is 0.310 e. The van der Waals surface area contributed by atoms with Crippen molar-refractivity contribution in [1.82, 2.24) is 9.80 Å². The van der Waals surface area contributed by atoms with Gasteiger partial charge in [-0.05, 0) is 27.7 Å². The van der Waals surface area contributed by atoms with E-state index < -0.39 is 0 Å². The Kier molecular flexibility index (Phi) is 10.0. The van der Waals surface area contributed by atoms with Crippen molar-refractivity contribution in [2.24, 2.45) is 11.8 Å². The van der Waals surface area contributed by atoms with E-state index in [0.29, 0.717) is 51.6 Å². The Morgan fingerprint density at radius 2 is 1.20 bits per heavy atom. The molecule has 2 aliphatic heterocycles. The largest absolute Gasteiger partial charge is 0.463 e. The lowest BCUT2D eigenvalue weighted by atomic mass is 10.1. The van der Waals surface area contributed by atoms with Gasteiger partial charge in [0, 0.05) is 38.3 Å². The summed E-state index contributed by atoms with van der Waals surface area (Å²) in [5, 5.41) is 0. The van der Waals surface area contributed by atoms with Gasteiger partial charge in [0.05, 0.1) is 25.0 Å². The zero-order valence-corrected chi connectivity index (χ0v) is 19.5. The number of rotatable bonds is 15. The average molecular weight is 429 g/mol. The maximum Gasteiger partial charge on any atom is 0.310 e. The Morgan fingerprint density at radius 1 is 0.800 bits per heavy atom. The third kappa shape index (κ3) is 9.29. The van der Waals surface area contributed by atoms with E-state index in [-0.39, 0.29) is 36.0 Å². The molecule has 4 unspecified atom stereocenters. The summed E-state index contributed by atoms with van der Waals surface area (Å²) in [5.74, 6) is -1.00. The van der Waals surface area contributed by atoms with Crippen LogP contribution >= 0.6 is 0 Å². The molecule has 2 aliphatic rings. The Balaban J connectivity index is 1.89. The molecule has 0 spiro atoms. The first-order valence-corrected chi connectivity index (χ1v) is 11.2. The fourth-order valence-electron chi connectivity index (χ4n) is 3.51. The highest BCUT2D eigenvalue weighted by molar-refractivity contribution is 5.73. The van der Waals surface area contributed by atoms with Gasteiger partial charge in [-0.2, -0.15) is 0 Å². The Hall–Kier alpha value is -1.22. The van der Waals surface area contributed by atoms with Gasteiger partial charge in [-0.3, -0.25) is 14.5 Å². The molecular formula is C22H40N2O6. The summed E-state index contributed by atoms with van der Waals surface area (Å²) in [7, 11) is 0. The molecule has 0 N–H and O–H groups in total. The molecule has 8 heteroatoms. The molecule has 2 heterocycles. The first kappa shape index (κ1) is 25.0. The van der Waals surface area contributed by atoms with Crippen molar-refractivity contribution < 1.29 is 28.5 Å². The lowest BCUT2D eigenvalue weighted by Gasteiger charge is -2.34. The van der Waals surface area contributed by atoms with E-state index in [2.05, 4.69) is 37.5 Å². The zero-order chi connectivity index (χ0) is 22.3. The van der Waals surface area contributed by atoms with Gasteiger partial charge in [0.15, 0.2) is 0 Å². The minimum atomic E-state index is -0.279. The minimum Gasteiger partial charge on any atom is -0.463 e. The van der Waals surface area contributed by atoms with Crippen LogP contribution in [0.25, 0.3) is 0 Å². The summed E-state index contributed by atoms with van der Waals surface area (Å²) >= 11 is 0. The molecule has 0 radical (unpaired) electrons. The van der Waals surface area contributed by atoms with Crippen molar-refractivity contribution in [2.45, 2.75) is 65.8 Å². The molecule has 0 aromatic heterocycles. The van der Waals surface area contributed by atoms with Crippen LogP contribution in [-0.2, 0) is 28.5 Å². The van der Waals surface area contributed by atoms with Gasteiger partial charge in [0.1, 0.15) is 25.4 Å². The van der Waals surface area contributed by atoms with E-state index in [1.165, 1.54) is 0 Å². The van der Waals surface area contributed by atoms with Crippen LogP contribution in [0.5, 0.6) is 0 Å². The summed E-state index contributed by atoms with van der Waals surface area (Å²) < 4.78 is 20.9. The Bertz CT molecular complexity index is 504. The predicted molar refractivity (Wildman–Crippen MR) is 113 cm³/mol. The summed E-state index contributed by atoms with van der Waals surface area (Å²) in [5.41, 5.74) is 0. The molecule has 0 amide bonds. The molecule has 0 aromatic carbocycles. The number of carbonyl (C=O) groups excluding carboxylic acids is 2. The molecule has 0 saturated carbocycles. The number of epoxide rings is 2. The van der Waals surface area contributed by atoms with Crippen molar-refractivity contribution in [3.05, 3.63) is 0 Å². The number of esters is 2. The highest BCUT2D eigenvalue weighted by Gasteiger charge is 2.29. The number of nitrogens with zero attached hydrogens (tertiary/aromatic N) is 2. The van der Waals surface area contributed by atoms with E-state index in [1.54, 1.807) is 0 Å². The number of carbonyl (C=O) groups is 2. The lowest BCUT2D eigenvalue weighted by molar-refractivity contribution is -0.150. The zero-order valence-electron chi connectivity index (χ0n) is 19.5. The molecule has 2 fully saturated rings. The van der Waals surface area contributed by atoms with Crippen LogP contribution in [0, 0.1) is 11.8 Å². The molecule has 30 heavy (non-hydrogen) atoms. The van der Waals surface area contributed by atoms with Gasteiger partial charge >= 0.3 is 11.9 Å². The predicted octanol–water partition coefficient (Wildman–Crippen LogP) is 1.56. The quantitative estimate of drug-likeness (QED) is 0.287. The van der Waals surface area contributed by atoms with Crippen LogP contribution in [0.4, 0.5) is 0 Å². The Labute approximate surface area is 181 Å². The summed E-state index contributed by atoms with van der Waals surface area (Å²) in [6.45, 7) is 17.2. The van der Waals surface area contributed by atoms with Crippen molar-refractivity contribution >= 4 is 11.9 Å². The van der Waals surface area contributed by atoms with Gasteiger partial charge in [-0.25, -0.2) is 0 Å². The SMILES string of the molecule is CC(CN(CCN(C(C)C)C(C)C)CC(C)C(=O)OCC1CO1)C(=O)OCC1CO1. The molecule has 0 bridgehead atoms. The van der Waals surface area contributed by atoms with Crippen molar-refractivity contribution in [2.75, 3.05) is 52.6 Å². The maximum absolute atomic E-state index is 12.3. The topological polar surface area (TPSA) is 84.1 Å². The summed E-state index contributed by atoms with van der Waals surface area (Å²) in [4.78, 5) is 29.3. The summed E-state index contributed by atoms with van der Waals surface area (Å²) in [6.07, 6.45) is 0.126. The maximum atomic E-state index is 12.3. The average Bonchev–Trinajstić information content (AvgIpc) is 3.58. The van der Waals surface area contributed by atoms with Gasteiger partial charge in [0.25, 0.3) is 0 Å². The van der Waals surface area contributed by atoms with Crippen LogP contribution in [0.2, 0.25) is 0 Å². The van der Waals surface area contributed by atoms with Gasteiger partial charge < -0.3 is 23.8 Å². The van der Waals surface area contributed by atoms with E-state index in [1.807, 2.05) is 13.8 Å². The second-order valence-corrected chi connectivity index (χ2v) is 9.16. The molecular weight excluding hydrogens is 388 g/mol. The summed E-state index contributed by atoms with van der Waals surface area (Å²) in [6, 6.07) is 0.849. The normalized spacial score (nSPS) is 22.5.